The highest BCUT2D eigenvalue weighted by Gasteiger charge is 2.35. The van der Waals surface area contributed by atoms with Gasteiger partial charge in [0.25, 0.3) is 5.91 Å². The number of aromatic nitrogens is 2. The average molecular weight is 318 g/mol. The number of rotatable bonds is 4. The Morgan fingerprint density at radius 2 is 2.00 bits per heavy atom. The first-order valence-corrected chi connectivity index (χ1v) is 9.19. The van der Waals surface area contributed by atoms with E-state index in [-0.39, 0.29) is 11.8 Å². The smallest absolute Gasteiger partial charge is 0.254 e. The van der Waals surface area contributed by atoms with Gasteiger partial charge in [0.1, 0.15) is 11.4 Å². The molecule has 2 aliphatic rings. The molecule has 1 atom stereocenters. The molecule has 3 N–H and O–H groups in total. The molecule has 2 heterocycles. The second-order valence-corrected chi connectivity index (χ2v) is 7.54. The van der Waals surface area contributed by atoms with Crippen molar-refractivity contribution in [1.82, 2.24) is 9.78 Å². The van der Waals surface area contributed by atoms with Crippen LogP contribution >= 0.6 is 0 Å². The van der Waals surface area contributed by atoms with E-state index >= 15 is 0 Å². The van der Waals surface area contributed by atoms with E-state index in [1.54, 1.807) is 0 Å². The summed E-state index contributed by atoms with van der Waals surface area (Å²) < 4.78 is 2.09. The van der Waals surface area contributed by atoms with Crippen LogP contribution in [0.5, 0.6) is 0 Å². The van der Waals surface area contributed by atoms with Crippen LogP contribution in [0.2, 0.25) is 0 Å². The number of amides is 1. The van der Waals surface area contributed by atoms with Crippen molar-refractivity contribution in [2.45, 2.75) is 71.3 Å². The second-order valence-electron chi connectivity index (χ2n) is 7.54. The number of hydrogen-bond acceptors (Lipinski definition) is 3. The predicted molar refractivity (Wildman–Crippen MR) is 92.7 cm³/mol. The van der Waals surface area contributed by atoms with E-state index in [1.807, 2.05) is 0 Å². The van der Waals surface area contributed by atoms with Gasteiger partial charge in [0.2, 0.25) is 0 Å². The number of hydrogen-bond donors (Lipinski definition) is 2. The molecule has 1 fully saturated rings. The monoisotopic (exact) mass is 318 g/mol. The first kappa shape index (κ1) is 16.3. The summed E-state index contributed by atoms with van der Waals surface area (Å²) in [5.41, 5.74) is 7.09. The standard InChI is InChI=1S/C18H30N4O/c1-4-12-5-7-13(8-6-12)14-9-10-20-18-15(17(19)23)16(11(2)3)21-22(14)18/h11-14,20H,4-10H2,1-3H3,(H2,19,23). The molecule has 1 unspecified atom stereocenters. The fraction of sp³-hybridized carbons (Fsp3) is 0.778. The number of carbonyl (C=O) groups excluding carboxylic acids is 1. The molecule has 1 aliphatic carbocycles. The Hall–Kier alpha value is -1.52. The van der Waals surface area contributed by atoms with Crippen LogP contribution in [0.4, 0.5) is 5.82 Å². The number of nitrogens with zero attached hydrogens (tertiary/aromatic N) is 2. The Morgan fingerprint density at radius 3 is 2.57 bits per heavy atom. The zero-order valence-electron chi connectivity index (χ0n) is 14.6. The van der Waals surface area contributed by atoms with Gasteiger partial charge in [0, 0.05) is 6.54 Å². The van der Waals surface area contributed by atoms with Crippen LogP contribution in [-0.2, 0) is 0 Å². The Kier molecular flexibility index (Phi) is 4.64. The minimum Gasteiger partial charge on any atom is -0.370 e. The Labute approximate surface area is 139 Å². The molecule has 3 rings (SSSR count). The summed E-state index contributed by atoms with van der Waals surface area (Å²) in [6.45, 7) is 7.35. The second kappa shape index (κ2) is 6.54. The lowest BCUT2D eigenvalue weighted by molar-refractivity contribution is 0.0999. The fourth-order valence-electron chi connectivity index (χ4n) is 4.39. The summed E-state index contributed by atoms with van der Waals surface area (Å²) in [5, 5.41) is 8.20. The first-order chi connectivity index (χ1) is 11.0. The van der Waals surface area contributed by atoms with Crippen LogP contribution in [0.1, 0.15) is 87.3 Å². The fourth-order valence-corrected chi connectivity index (χ4v) is 4.39. The maximum absolute atomic E-state index is 12.0. The molecule has 23 heavy (non-hydrogen) atoms. The Bertz CT molecular complexity index is 570. The lowest BCUT2D eigenvalue weighted by Crippen LogP contribution is -2.32. The van der Waals surface area contributed by atoms with Crippen molar-refractivity contribution in [3.8, 4) is 0 Å². The van der Waals surface area contributed by atoms with Crippen molar-refractivity contribution in [1.29, 1.82) is 0 Å². The van der Waals surface area contributed by atoms with Crippen LogP contribution in [0.15, 0.2) is 0 Å². The van der Waals surface area contributed by atoms with Crippen molar-refractivity contribution in [2.75, 3.05) is 11.9 Å². The molecule has 1 aromatic heterocycles. The number of nitrogens with two attached hydrogens (primary N) is 1. The summed E-state index contributed by atoms with van der Waals surface area (Å²) in [7, 11) is 0. The van der Waals surface area contributed by atoms with Crippen LogP contribution in [0.3, 0.4) is 0 Å². The van der Waals surface area contributed by atoms with Crippen molar-refractivity contribution in [2.24, 2.45) is 17.6 Å². The number of nitrogens with one attached hydrogen (secondary N) is 1. The minimum absolute atomic E-state index is 0.203. The SMILES string of the molecule is CCC1CCC(C2CCNc3c(C(N)=O)c(C(C)C)nn32)CC1. The normalized spacial score (nSPS) is 27.6. The molecule has 0 radical (unpaired) electrons. The molecule has 0 saturated heterocycles. The number of carbonyl (C=O) groups is 1. The van der Waals surface area contributed by atoms with E-state index in [0.29, 0.717) is 17.5 Å². The highest BCUT2D eigenvalue weighted by molar-refractivity contribution is 5.99. The number of fused-ring (bicyclic) bond motifs is 1. The summed E-state index contributed by atoms with van der Waals surface area (Å²) >= 11 is 0. The zero-order valence-corrected chi connectivity index (χ0v) is 14.6. The molecule has 128 valence electrons. The highest BCUT2D eigenvalue weighted by atomic mass is 16.1. The molecule has 0 spiro atoms. The third kappa shape index (κ3) is 2.98. The molecular formula is C18H30N4O. The van der Waals surface area contributed by atoms with Crippen LogP contribution < -0.4 is 11.1 Å². The van der Waals surface area contributed by atoms with Gasteiger partial charge in [-0.15, -0.1) is 0 Å². The third-order valence-electron chi connectivity index (χ3n) is 5.79. The van der Waals surface area contributed by atoms with Gasteiger partial charge in [-0.25, -0.2) is 4.68 Å². The van der Waals surface area contributed by atoms with Crippen LogP contribution in [-0.4, -0.2) is 22.2 Å². The molecule has 1 saturated carbocycles. The van der Waals surface area contributed by atoms with Gasteiger partial charge < -0.3 is 11.1 Å². The molecule has 1 amide bonds. The number of primary amides is 1. The van der Waals surface area contributed by atoms with E-state index in [4.69, 9.17) is 10.8 Å². The highest BCUT2D eigenvalue weighted by Crippen LogP contribution is 2.42. The van der Waals surface area contributed by atoms with Crippen molar-refractivity contribution in [3.05, 3.63) is 11.3 Å². The zero-order chi connectivity index (χ0) is 16.6. The molecule has 0 aromatic carbocycles. The summed E-state index contributed by atoms with van der Waals surface area (Å²) in [5.74, 6) is 2.28. The van der Waals surface area contributed by atoms with E-state index in [2.05, 4.69) is 30.8 Å². The lowest BCUT2D eigenvalue weighted by Gasteiger charge is -2.36. The van der Waals surface area contributed by atoms with Crippen molar-refractivity contribution < 1.29 is 4.79 Å². The lowest BCUT2D eigenvalue weighted by atomic mass is 9.76. The molecular weight excluding hydrogens is 288 g/mol. The van der Waals surface area contributed by atoms with Crippen LogP contribution in [0, 0.1) is 11.8 Å². The van der Waals surface area contributed by atoms with Gasteiger partial charge in [0.05, 0.1) is 11.7 Å². The number of anilines is 1. The van der Waals surface area contributed by atoms with Gasteiger partial charge >= 0.3 is 0 Å². The summed E-state index contributed by atoms with van der Waals surface area (Å²) in [6, 6.07) is 0.412. The average Bonchev–Trinajstić information content (AvgIpc) is 2.95. The van der Waals surface area contributed by atoms with Crippen molar-refractivity contribution >= 4 is 11.7 Å². The largest absolute Gasteiger partial charge is 0.370 e. The molecule has 1 aromatic rings. The van der Waals surface area contributed by atoms with Gasteiger partial charge in [-0.3, -0.25) is 4.79 Å². The third-order valence-corrected chi connectivity index (χ3v) is 5.79. The van der Waals surface area contributed by atoms with E-state index in [9.17, 15) is 4.79 Å². The quantitative estimate of drug-likeness (QED) is 0.889. The van der Waals surface area contributed by atoms with Gasteiger partial charge in [-0.05, 0) is 37.0 Å². The maximum atomic E-state index is 12.0. The minimum atomic E-state index is -0.363. The van der Waals surface area contributed by atoms with Crippen LogP contribution in [0.25, 0.3) is 0 Å². The Morgan fingerprint density at radius 1 is 1.30 bits per heavy atom. The van der Waals surface area contributed by atoms with Gasteiger partial charge in [-0.1, -0.05) is 40.0 Å². The molecule has 5 nitrogen and oxygen atoms in total. The predicted octanol–water partition coefficient (Wildman–Crippen LogP) is 3.68. The van der Waals surface area contributed by atoms with E-state index < -0.39 is 0 Å². The summed E-state index contributed by atoms with van der Waals surface area (Å²) in [6.07, 6.45) is 7.63. The molecule has 1 aliphatic heterocycles. The van der Waals surface area contributed by atoms with E-state index in [0.717, 1.165) is 30.4 Å². The van der Waals surface area contributed by atoms with Gasteiger partial charge in [-0.2, -0.15) is 5.10 Å². The van der Waals surface area contributed by atoms with E-state index in [1.165, 1.54) is 32.1 Å². The molecule has 5 heteroatoms. The summed E-state index contributed by atoms with van der Waals surface area (Å²) in [4.78, 5) is 12.0. The van der Waals surface area contributed by atoms with Crippen molar-refractivity contribution in [3.63, 3.8) is 0 Å². The Balaban J connectivity index is 1.90. The first-order valence-electron chi connectivity index (χ1n) is 9.19. The molecule has 0 bridgehead atoms. The maximum Gasteiger partial charge on any atom is 0.254 e. The van der Waals surface area contributed by atoms with Gasteiger partial charge in [0.15, 0.2) is 0 Å². The topological polar surface area (TPSA) is 72.9 Å².